The van der Waals surface area contributed by atoms with E-state index >= 15 is 0 Å². The lowest BCUT2D eigenvalue weighted by molar-refractivity contribution is -0.109. The maximum Gasteiger partial charge on any atom is 0.185 e. The second kappa shape index (κ2) is 6.09. The normalized spacial score (nSPS) is 14.4. The highest BCUT2D eigenvalue weighted by Gasteiger charge is 2.23. The number of pyridine rings is 1. The zero-order valence-electron chi connectivity index (χ0n) is 9.55. The van der Waals surface area contributed by atoms with E-state index in [1.807, 2.05) is 0 Å². The van der Waals surface area contributed by atoms with Crippen LogP contribution in [0.25, 0.3) is 0 Å². The van der Waals surface area contributed by atoms with Crippen molar-refractivity contribution in [1.29, 1.82) is 0 Å². The van der Waals surface area contributed by atoms with Gasteiger partial charge >= 0.3 is 0 Å². The lowest BCUT2D eigenvalue weighted by Crippen LogP contribution is -2.23. The van der Waals surface area contributed by atoms with Crippen molar-refractivity contribution >= 4 is 16.9 Å². The highest BCUT2D eigenvalue weighted by molar-refractivity contribution is 8.13. The van der Waals surface area contributed by atoms with Gasteiger partial charge in [0.05, 0.1) is 6.10 Å². The van der Waals surface area contributed by atoms with Crippen molar-refractivity contribution in [2.45, 2.75) is 26.1 Å². The number of rotatable bonds is 4. The summed E-state index contributed by atoms with van der Waals surface area (Å²) in [4.78, 5) is 14.6. The van der Waals surface area contributed by atoms with Gasteiger partial charge in [0.25, 0.3) is 0 Å². The van der Waals surface area contributed by atoms with E-state index in [1.165, 1.54) is 19.1 Å². The molecule has 17 heavy (non-hydrogen) atoms. The van der Waals surface area contributed by atoms with Crippen molar-refractivity contribution in [2.75, 3.05) is 5.75 Å². The Balaban J connectivity index is 2.77. The zero-order chi connectivity index (χ0) is 13.0. The van der Waals surface area contributed by atoms with Crippen LogP contribution in [0.4, 0.5) is 4.39 Å². The summed E-state index contributed by atoms with van der Waals surface area (Å²) >= 11 is 0.873. The molecule has 0 aromatic carbocycles. The van der Waals surface area contributed by atoms with E-state index in [9.17, 15) is 19.4 Å². The SMILES string of the molecule is CC(=O)SCC(O)C(O)c1nc(C)ccc1F. The summed E-state index contributed by atoms with van der Waals surface area (Å²) in [6.45, 7) is 3.02. The maximum atomic E-state index is 13.4. The van der Waals surface area contributed by atoms with Crippen LogP contribution >= 0.6 is 11.8 Å². The molecule has 6 heteroatoms. The molecular formula is C11H14FNO3S. The second-order valence-electron chi connectivity index (χ2n) is 3.63. The number of aryl methyl sites for hydroxylation is 1. The van der Waals surface area contributed by atoms with Crippen LogP contribution in [0.3, 0.4) is 0 Å². The third-order valence-corrected chi connectivity index (χ3v) is 3.03. The molecule has 1 rings (SSSR count). The molecule has 0 spiro atoms. The van der Waals surface area contributed by atoms with Crippen molar-refractivity contribution in [1.82, 2.24) is 4.98 Å². The van der Waals surface area contributed by atoms with Gasteiger partial charge < -0.3 is 10.2 Å². The van der Waals surface area contributed by atoms with Gasteiger partial charge in [0, 0.05) is 18.4 Å². The van der Waals surface area contributed by atoms with Gasteiger partial charge in [-0.05, 0) is 19.1 Å². The fourth-order valence-electron chi connectivity index (χ4n) is 1.24. The molecule has 2 unspecified atom stereocenters. The Morgan fingerprint density at radius 3 is 2.76 bits per heavy atom. The summed E-state index contributed by atoms with van der Waals surface area (Å²) in [6, 6.07) is 2.66. The number of carbonyl (C=O) groups excluding carboxylic acids is 1. The minimum absolute atomic E-state index is 0.00552. The lowest BCUT2D eigenvalue weighted by Gasteiger charge is -2.17. The molecule has 1 aromatic heterocycles. The molecule has 0 amide bonds. The Kier molecular flexibility index (Phi) is 5.04. The zero-order valence-corrected chi connectivity index (χ0v) is 10.4. The van der Waals surface area contributed by atoms with E-state index in [1.54, 1.807) is 6.92 Å². The Labute approximate surface area is 103 Å². The van der Waals surface area contributed by atoms with Gasteiger partial charge in [-0.3, -0.25) is 9.78 Å². The van der Waals surface area contributed by atoms with Gasteiger partial charge in [-0.1, -0.05) is 11.8 Å². The molecule has 0 bridgehead atoms. The van der Waals surface area contributed by atoms with E-state index in [2.05, 4.69) is 4.98 Å². The van der Waals surface area contributed by atoms with Gasteiger partial charge in [0.2, 0.25) is 0 Å². The van der Waals surface area contributed by atoms with Crippen LogP contribution in [0, 0.1) is 12.7 Å². The molecule has 2 atom stereocenters. The average molecular weight is 259 g/mol. The number of thioether (sulfide) groups is 1. The van der Waals surface area contributed by atoms with Crippen LogP contribution in [0.1, 0.15) is 24.4 Å². The van der Waals surface area contributed by atoms with Crippen molar-refractivity contribution in [3.63, 3.8) is 0 Å². The Morgan fingerprint density at radius 2 is 2.18 bits per heavy atom. The van der Waals surface area contributed by atoms with Crippen LogP contribution in [0.2, 0.25) is 0 Å². The minimum atomic E-state index is -1.43. The van der Waals surface area contributed by atoms with Crippen molar-refractivity contribution in [3.8, 4) is 0 Å². The molecule has 1 aromatic rings. The third kappa shape index (κ3) is 4.07. The summed E-state index contributed by atoms with van der Waals surface area (Å²) in [7, 11) is 0. The molecule has 1 heterocycles. The predicted molar refractivity (Wildman–Crippen MR) is 63.0 cm³/mol. The van der Waals surface area contributed by atoms with Gasteiger partial charge in [-0.25, -0.2) is 4.39 Å². The van der Waals surface area contributed by atoms with Gasteiger partial charge in [-0.2, -0.15) is 0 Å². The molecule has 0 aliphatic rings. The Hall–Kier alpha value is -0.980. The Morgan fingerprint density at radius 1 is 1.53 bits per heavy atom. The highest BCUT2D eigenvalue weighted by atomic mass is 32.2. The number of aliphatic hydroxyl groups is 2. The van der Waals surface area contributed by atoms with Gasteiger partial charge in [0.1, 0.15) is 17.6 Å². The first-order valence-corrected chi connectivity index (χ1v) is 6.03. The van der Waals surface area contributed by atoms with Crippen molar-refractivity contribution in [2.24, 2.45) is 0 Å². The highest BCUT2D eigenvalue weighted by Crippen LogP contribution is 2.21. The van der Waals surface area contributed by atoms with Crippen LogP contribution in [-0.2, 0) is 4.79 Å². The van der Waals surface area contributed by atoms with Gasteiger partial charge in [-0.15, -0.1) is 0 Å². The van der Waals surface area contributed by atoms with Gasteiger partial charge in [0.15, 0.2) is 5.12 Å². The summed E-state index contributed by atoms with van der Waals surface area (Å²) in [5.41, 5.74) is 0.355. The van der Waals surface area contributed by atoms with E-state index in [4.69, 9.17) is 0 Å². The molecule has 0 saturated heterocycles. The fourth-order valence-corrected chi connectivity index (χ4v) is 1.83. The quantitative estimate of drug-likeness (QED) is 0.850. The summed E-state index contributed by atoms with van der Waals surface area (Å²) in [6.07, 6.45) is -2.66. The molecule has 94 valence electrons. The molecule has 4 nitrogen and oxygen atoms in total. The topological polar surface area (TPSA) is 70.4 Å². The molecule has 0 aliphatic carbocycles. The number of carbonyl (C=O) groups is 1. The first-order chi connectivity index (χ1) is 7.91. The molecule has 0 aliphatic heterocycles. The molecule has 2 N–H and O–H groups in total. The van der Waals surface area contributed by atoms with Crippen LogP contribution in [0.5, 0.6) is 0 Å². The lowest BCUT2D eigenvalue weighted by atomic mass is 10.1. The minimum Gasteiger partial charge on any atom is -0.389 e. The second-order valence-corrected chi connectivity index (χ2v) is 4.83. The first-order valence-electron chi connectivity index (χ1n) is 5.04. The molecule has 0 radical (unpaired) electrons. The Bertz CT molecular complexity index is 414. The molecular weight excluding hydrogens is 245 g/mol. The standard InChI is InChI=1S/C11H14FNO3S/c1-6-3-4-8(12)10(13-6)11(16)9(15)5-17-7(2)14/h3-4,9,11,15-16H,5H2,1-2H3. The largest absolute Gasteiger partial charge is 0.389 e. The van der Waals surface area contributed by atoms with E-state index in [0.717, 1.165) is 11.8 Å². The van der Waals surface area contributed by atoms with E-state index in [-0.39, 0.29) is 16.6 Å². The molecule has 0 saturated carbocycles. The number of aromatic nitrogens is 1. The van der Waals surface area contributed by atoms with Crippen LogP contribution < -0.4 is 0 Å². The monoisotopic (exact) mass is 259 g/mol. The third-order valence-electron chi connectivity index (χ3n) is 2.11. The number of halogens is 1. The van der Waals surface area contributed by atoms with Crippen LogP contribution in [0.15, 0.2) is 12.1 Å². The maximum absolute atomic E-state index is 13.4. The fraction of sp³-hybridized carbons (Fsp3) is 0.455. The van der Waals surface area contributed by atoms with Crippen LogP contribution in [-0.4, -0.2) is 32.2 Å². The predicted octanol–water partition coefficient (Wildman–Crippen LogP) is 1.20. The van der Waals surface area contributed by atoms with Crippen molar-refractivity contribution in [3.05, 3.63) is 29.3 Å². The van der Waals surface area contributed by atoms with Crippen molar-refractivity contribution < 1.29 is 19.4 Å². The van der Waals surface area contributed by atoms with E-state index < -0.39 is 18.0 Å². The summed E-state index contributed by atoms with van der Waals surface area (Å²) < 4.78 is 13.4. The molecule has 0 fully saturated rings. The summed E-state index contributed by atoms with van der Waals surface area (Å²) in [5, 5.41) is 19.2. The smallest absolute Gasteiger partial charge is 0.185 e. The average Bonchev–Trinajstić information content (AvgIpc) is 2.28. The number of hydrogen-bond acceptors (Lipinski definition) is 5. The number of aliphatic hydroxyl groups excluding tert-OH is 2. The number of hydrogen-bond donors (Lipinski definition) is 2. The number of nitrogens with zero attached hydrogens (tertiary/aromatic N) is 1. The summed E-state index contributed by atoms with van der Waals surface area (Å²) in [5.74, 6) is -0.666. The first kappa shape index (κ1) is 14.1. The van der Waals surface area contributed by atoms with E-state index in [0.29, 0.717) is 5.69 Å².